The number of nitrogen functional groups attached to an aromatic ring is 1. The molecule has 7 nitrogen and oxygen atoms in total. The van der Waals surface area contributed by atoms with Crippen LogP contribution in [0.4, 0.5) is 16.2 Å². The molecule has 3 N–H and O–H groups in total. The van der Waals surface area contributed by atoms with Gasteiger partial charge in [0.2, 0.25) is 5.95 Å². The van der Waals surface area contributed by atoms with Crippen LogP contribution in [0.2, 0.25) is 0 Å². The van der Waals surface area contributed by atoms with E-state index in [9.17, 15) is 9.18 Å². The molecule has 4 rings (SSSR count). The van der Waals surface area contributed by atoms with Crippen molar-refractivity contribution in [3.8, 4) is 0 Å². The normalized spacial score (nSPS) is 12.2. The zero-order valence-electron chi connectivity index (χ0n) is 17.5. The van der Waals surface area contributed by atoms with Gasteiger partial charge in [0.1, 0.15) is 11.6 Å². The summed E-state index contributed by atoms with van der Waals surface area (Å²) < 4.78 is 16.4. The number of hydrogen-bond acceptors (Lipinski definition) is 5. The predicted molar refractivity (Wildman–Crippen MR) is 121 cm³/mol. The average molecular weight is 420 g/mol. The number of fused-ring (bicyclic) bond motifs is 1. The van der Waals surface area contributed by atoms with Gasteiger partial charge in [-0.05, 0) is 49.6 Å². The fourth-order valence-electron chi connectivity index (χ4n) is 3.71. The highest BCUT2D eigenvalue weighted by molar-refractivity contribution is 5.76. The summed E-state index contributed by atoms with van der Waals surface area (Å²) in [5.41, 5.74) is 9.26. The van der Waals surface area contributed by atoms with E-state index in [1.54, 1.807) is 28.3 Å². The molecular formula is C23H25FN6O. The van der Waals surface area contributed by atoms with E-state index in [0.29, 0.717) is 18.1 Å². The third kappa shape index (κ3) is 4.58. The molecule has 2 aromatic heterocycles. The molecule has 0 saturated heterocycles. The zero-order chi connectivity index (χ0) is 22.0. The largest absolute Gasteiger partial charge is 0.368 e. The number of nitrogens with one attached hydrogen (secondary N) is 1. The Kier molecular flexibility index (Phi) is 5.70. The minimum Gasteiger partial charge on any atom is -0.368 e. The lowest BCUT2D eigenvalue weighted by atomic mass is 10.1. The van der Waals surface area contributed by atoms with Crippen molar-refractivity contribution in [1.29, 1.82) is 0 Å². The fourth-order valence-corrected chi connectivity index (χ4v) is 3.71. The van der Waals surface area contributed by atoms with Crippen LogP contribution in [0.1, 0.15) is 24.6 Å². The number of para-hydroxylation sites is 2. The van der Waals surface area contributed by atoms with Crippen molar-refractivity contribution in [1.82, 2.24) is 19.1 Å². The van der Waals surface area contributed by atoms with Crippen LogP contribution < -0.4 is 16.7 Å². The number of imidazole rings is 1. The maximum atomic E-state index is 13.1. The molecule has 0 saturated carbocycles. The van der Waals surface area contributed by atoms with Gasteiger partial charge in [-0.15, -0.1) is 0 Å². The fraction of sp³-hybridized carbons (Fsp3) is 0.261. The zero-order valence-corrected chi connectivity index (χ0v) is 17.5. The molecule has 0 fully saturated rings. The van der Waals surface area contributed by atoms with E-state index in [1.165, 1.54) is 12.1 Å². The van der Waals surface area contributed by atoms with Crippen molar-refractivity contribution in [2.24, 2.45) is 7.05 Å². The van der Waals surface area contributed by atoms with Gasteiger partial charge in [0.05, 0.1) is 23.3 Å². The molecule has 0 aliphatic carbocycles. The minimum absolute atomic E-state index is 0.111. The number of nitrogens with two attached hydrogens (primary N) is 1. The molecule has 8 heteroatoms. The van der Waals surface area contributed by atoms with Crippen LogP contribution in [0.15, 0.2) is 59.4 Å². The lowest BCUT2D eigenvalue weighted by Gasteiger charge is -2.15. The number of aryl methyl sites for hydroxylation is 2. The van der Waals surface area contributed by atoms with Gasteiger partial charge in [0.25, 0.3) is 0 Å². The number of aromatic nitrogens is 4. The molecule has 2 heterocycles. The topological polar surface area (TPSA) is 90.8 Å². The highest BCUT2D eigenvalue weighted by atomic mass is 19.1. The SMILES string of the molecule is C[C@@H](CCc1ccc(F)cc1)Nc1cc(Cn2c(=O)n(C)c3ccccc32)nc(N)n1. The van der Waals surface area contributed by atoms with Gasteiger partial charge in [0, 0.05) is 19.2 Å². The Hall–Kier alpha value is -3.68. The monoisotopic (exact) mass is 420 g/mol. The van der Waals surface area contributed by atoms with Crippen LogP contribution in [-0.2, 0) is 20.0 Å². The molecule has 0 bridgehead atoms. The maximum Gasteiger partial charge on any atom is 0.329 e. The molecule has 2 aromatic carbocycles. The average Bonchev–Trinajstić information content (AvgIpc) is 2.98. The van der Waals surface area contributed by atoms with Gasteiger partial charge in [-0.1, -0.05) is 24.3 Å². The Morgan fingerprint density at radius 1 is 1.10 bits per heavy atom. The van der Waals surface area contributed by atoms with Gasteiger partial charge in [-0.3, -0.25) is 9.13 Å². The summed E-state index contributed by atoms with van der Waals surface area (Å²) in [7, 11) is 1.76. The molecule has 0 amide bonds. The van der Waals surface area contributed by atoms with E-state index in [0.717, 1.165) is 29.4 Å². The summed E-state index contributed by atoms with van der Waals surface area (Å²) >= 11 is 0. The summed E-state index contributed by atoms with van der Waals surface area (Å²) in [4.78, 5) is 21.3. The molecule has 160 valence electrons. The molecule has 0 radical (unpaired) electrons. The summed E-state index contributed by atoms with van der Waals surface area (Å²) in [6, 6.07) is 16.1. The Labute approximate surface area is 179 Å². The first kappa shape index (κ1) is 20.6. The first-order valence-electron chi connectivity index (χ1n) is 10.2. The van der Waals surface area contributed by atoms with E-state index in [4.69, 9.17) is 5.73 Å². The van der Waals surface area contributed by atoms with Gasteiger partial charge in [0.15, 0.2) is 0 Å². The molecule has 4 aromatic rings. The number of benzene rings is 2. The molecule has 0 unspecified atom stereocenters. The quantitative estimate of drug-likeness (QED) is 0.479. The highest BCUT2D eigenvalue weighted by Gasteiger charge is 2.13. The van der Waals surface area contributed by atoms with Crippen molar-refractivity contribution in [3.05, 3.63) is 82.2 Å². The van der Waals surface area contributed by atoms with Crippen molar-refractivity contribution in [2.75, 3.05) is 11.1 Å². The third-order valence-electron chi connectivity index (χ3n) is 5.34. The first-order valence-corrected chi connectivity index (χ1v) is 10.2. The van der Waals surface area contributed by atoms with E-state index in [1.807, 2.05) is 30.3 Å². The van der Waals surface area contributed by atoms with E-state index in [-0.39, 0.29) is 23.5 Å². The van der Waals surface area contributed by atoms with Crippen molar-refractivity contribution < 1.29 is 4.39 Å². The number of hydrogen-bond donors (Lipinski definition) is 2. The Balaban J connectivity index is 1.49. The number of halogens is 1. The van der Waals surface area contributed by atoms with E-state index < -0.39 is 0 Å². The van der Waals surface area contributed by atoms with Gasteiger partial charge < -0.3 is 11.1 Å². The van der Waals surface area contributed by atoms with E-state index in [2.05, 4.69) is 22.2 Å². The molecule has 0 aliphatic heterocycles. The van der Waals surface area contributed by atoms with Crippen LogP contribution in [0.5, 0.6) is 0 Å². The lowest BCUT2D eigenvalue weighted by molar-refractivity contribution is 0.626. The summed E-state index contributed by atoms with van der Waals surface area (Å²) in [5, 5.41) is 3.35. The Morgan fingerprint density at radius 3 is 2.55 bits per heavy atom. The minimum atomic E-state index is -0.232. The Morgan fingerprint density at radius 2 is 1.81 bits per heavy atom. The van der Waals surface area contributed by atoms with Crippen molar-refractivity contribution in [2.45, 2.75) is 32.4 Å². The molecule has 31 heavy (non-hydrogen) atoms. The molecular weight excluding hydrogens is 395 g/mol. The van der Waals surface area contributed by atoms with Crippen LogP contribution in [0.25, 0.3) is 11.0 Å². The number of rotatable bonds is 7. The third-order valence-corrected chi connectivity index (χ3v) is 5.34. The summed E-state index contributed by atoms with van der Waals surface area (Å²) in [6.45, 7) is 2.35. The van der Waals surface area contributed by atoms with Crippen LogP contribution >= 0.6 is 0 Å². The van der Waals surface area contributed by atoms with E-state index >= 15 is 0 Å². The second-order valence-electron chi connectivity index (χ2n) is 7.73. The highest BCUT2D eigenvalue weighted by Crippen LogP contribution is 2.16. The summed E-state index contributed by atoms with van der Waals surface area (Å²) in [6.07, 6.45) is 1.65. The molecule has 0 spiro atoms. The number of anilines is 2. The number of nitrogens with zero attached hydrogens (tertiary/aromatic N) is 4. The maximum absolute atomic E-state index is 13.1. The standard InChI is InChI=1S/C23H25FN6O/c1-15(7-8-16-9-11-17(24)12-10-16)26-21-13-18(27-22(25)28-21)14-30-20-6-4-3-5-19(20)29(2)23(30)31/h3-6,9-13,15H,7-8,14H2,1-2H3,(H3,25,26,27,28)/t15-/m0/s1. The summed E-state index contributed by atoms with van der Waals surface area (Å²) in [5.74, 6) is 0.533. The predicted octanol–water partition coefficient (Wildman–Crippen LogP) is 3.33. The lowest BCUT2D eigenvalue weighted by Crippen LogP contribution is -2.23. The first-order chi connectivity index (χ1) is 14.9. The van der Waals surface area contributed by atoms with Crippen LogP contribution in [0.3, 0.4) is 0 Å². The smallest absolute Gasteiger partial charge is 0.329 e. The van der Waals surface area contributed by atoms with Crippen molar-refractivity contribution in [3.63, 3.8) is 0 Å². The van der Waals surface area contributed by atoms with Crippen LogP contribution in [0, 0.1) is 5.82 Å². The second kappa shape index (κ2) is 8.59. The molecule has 1 atom stereocenters. The van der Waals surface area contributed by atoms with Crippen molar-refractivity contribution >= 4 is 22.8 Å². The van der Waals surface area contributed by atoms with Gasteiger partial charge in [-0.25, -0.2) is 14.2 Å². The van der Waals surface area contributed by atoms with Crippen LogP contribution in [-0.4, -0.2) is 25.1 Å². The Bertz CT molecular complexity index is 1260. The molecule has 0 aliphatic rings. The van der Waals surface area contributed by atoms with Gasteiger partial charge in [-0.2, -0.15) is 4.98 Å². The van der Waals surface area contributed by atoms with Gasteiger partial charge >= 0.3 is 5.69 Å². The second-order valence-corrected chi connectivity index (χ2v) is 7.73.